The molecule has 1 heterocycles. The molecule has 2 rings (SSSR count). The van der Waals surface area contributed by atoms with E-state index in [1.54, 1.807) is 6.20 Å². The van der Waals surface area contributed by atoms with E-state index in [0.29, 0.717) is 0 Å². The highest BCUT2D eigenvalue weighted by Gasteiger charge is 1.98. The summed E-state index contributed by atoms with van der Waals surface area (Å²) < 4.78 is 1.05. The Morgan fingerprint density at radius 1 is 1.42 bits per heavy atom. The van der Waals surface area contributed by atoms with Gasteiger partial charge in [-0.2, -0.15) is 0 Å². The smallest absolute Gasteiger partial charge is 0.138 e. The van der Waals surface area contributed by atoms with Gasteiger partial charge >= 0.3 is 0 Å². The quantitative estimate of drug-likeness (QED) is 0.789. The van der Waals surface area contributed by atoms with Crippen LogP contribution in [-0.4, -0.2) is 9.97 Å². The number of aromatic amines is 1. The first-order valence-electron chi connectivity index (χ1n) is 3.53. The van der Waals surface area contributed by atoms with Crippen molar-refractivity contribution in [2.24, 2.45) is 0 Å². The largest absolute Gasteiger partial charge is 0.344 e. The molecule has 1 radical (unpaired) electrons. The molecule has 3 heteroatoms. The summed E-state index contributed by atoms with van der Waals surface area (Å²) in [5, 5.41) is 0. The van der Waals surface area contributed by atoms with Crippen molar-refractivity contribution in [3.8, 4) is 11.4 Å². The summed E-state index contributed by atoms with van der Waals surface area (Å²) in [7, 11) is 0. The Balaban J connectivity index is 2.48. The highest BCUT2D eigenvalue weighted by molar-refractivity contribution is 9.10. The highest BCUT2D eigenvalue weighted by Crippen LogP contribution is 2.18. The molecule has 0 atom stereocenters. The Kier molecular flexibility index (Phi) is 1.96. The Hall–Kier alpha value is -1.09. The third-order valence-corrected chi connectivity index (χ3v) is 2.04. The number of rotatable bonds is 1. The molecule has 1 aromatic heterocycles. The summed E-state index contributed by atoms with van der Waals surface area (Å²) in [5.74, 6) is 0.844. The lowest BCUT2D eigenvalue weighted by atomic mass is 10.2. The summed E-state index contributed by atoms with van der Waals surface area (Å²) in [6, 6.07) is 7.96. The number of hydrogen-bond acceptors (Lipinski definition) is 1. The van der Waals surface area contributed by atoms with Crippen LogP contribution < -0.4 is 0 Å². The van der Waals surface area contributed by atoms with Gasteiger partial charge in [0.1, 0.15) is 12.0 Å². The van der Waals surface area contributed by atoms with Crippen LogP contribution in [0.4, 0.5) is 0 Å². The van der Waals surface area contributed by atoms with Crippen molar-refractivity contribution >= 4 is 15.9 Å². The first-order chi connectivity index (χ1) is 5.86. The van der Waals surface area contributed by atoms with Gasteiger partial charge in [0.25, 0.3) is 0 Å². The Bertz CT molecular complexity index is 368. The SMILES string of the molecule is Brc1cccc(-c2n[c]c[nH]2)c1. The normalized spacial score (nSPS) is 10.1. The number of nitrogens with one attached hydrogen (secondary N) is 1. The fraction of sp³-hybridized carbons (Fsp3) is 0. The fourth-order valence-corrected chi connectivity index (χ4v) is 1.41. The van der Waals surface area contributed by atoms with Gasteiger partial charge in [-0.15, -0.1) is 0 Å². The second kappa shape index (κ2) is 3.11. The van der Waals surface area contributed by atoms with Crippen molar-refractivity contribution in [2.75, 3.05) is 0 Å². The average molecular weight is 222 g/mol. The second-order valence-corrected chi connectivity index (χ2v) is 3.30. The lowest BCUT2D eigenvalue weighted by molar-refractivity contribution is 1.30. The van der Waals surface area contributed by atoms with Crippen LogP contribution in [0.15, 0.2) is 34.9 Å². The lowest BCUT2D eigenvalue weighted by Gasteiger charge is -1.95. The molecule has 1 aromatic carbocycles. The highest BCUT2D eigenvalue weighted by atomic mass is 79.9. The summed E-state index contributed by atoms with van der Waals surface area (Å²) in [6.45, 7) is 0. The number of aromatic nitrogens is 2. The molecule has 2 aromatic rings. The summed E-state index contributed by atoms with van der Waals surface area (Å²) in [6.07, 6.45) is 4.42. The molecule has 0 fully saturated rings. The minimum absolute atomic E-state index is 0.844. The summed E-state index contributed by atoms with van der Waals surface area (Å²) >= 11 is 3.40. The number of benzene rings is 1. The van der Waals surface area contributed by atoms with Crippen molar-refractivity contribution in [2.45, 2.75) is 0 Å². The van der Waals surface area contributed by atoms with E-state index in [9.17, 15) is 0 Å². The van der Waals surface area contributed by atoms with E-state index in [4.69, 9.17) is 0 Å². The van der Waals surface area contributed by atoms with Gasteiger partial charge in [-0.05, 0) is 12.1 Å². The van der Waals surface area contributed by atoms with Crippen molar-refractivity contribution < 1.29 is 0 Å². The first-order valence-corrected chi connectivity index (χ1v) is 4.33. The lowest BCUT2D eigenvalue weighted by Crippen LogP contribution is -1.78. The minimum Gasteiger partial charge on any atom is -0.344 e. The van der Waals surface area contributed by atoms with Crippen LogP contribution in [0, 0.1) is 6.20 Å². The second-order valence-electron chi connectivity index (χ2n) is 2.39. The van der Waals surface area contributed by atoms with Gasteiger partial charge in [-0.3, -0.25) is 0 Å². The van der Waals surface area contributed by atoms with Crippen molar-refractivity contribution in [1.29, 1.82) is 0 Å². The molecule has 0 saturated carbocycles. The molecule has 0 aliphatic heterocycles. The average Bonchev–Trinajstić information content (AvgIpc) is 2.56. The Labute approximate surface area is 78.8 Å². The molecule has 0 spiro atoms. The zero-order chi connectivity index (χ0) is 8.39. The predicted molar refractivity (Wildman–Crippen MR) is 50.6 cm³/mol. The molecule has 0 unspecified atom stereocenters. The van der Waals surface area contributed by atoms with Crippen LogP contribution >= 0.6 is 15.9 Å². The molecular weight excluding hydrogens is 216 g/mol. The topological polar surface area (TPSA) is 28.7 Å². The van der Waals surface area contributed by atoms with Crippen LogP contribution in [0.3, 0.4) is 0 Å². The van der Waals surface area contributed by atoms with Gasteiger partial charge in [0, 0.05) is 16.2 Å². The van der Waals surface area contributed by atoms with Crippen LogP contribution in [0.25, 0.3) is 11.4 Å². The van der Waals surface area contributed by atoms with Gasteiger partial charge in [-0.25, -0.2) is 4.98 Å². The van der Waals surface area contributed by atoms with Crippen molar-refractivity contribution in [1.82, 2.24) is 9.97 Å². The predicted octanol–water partition coefficient (Wildman–Crippen LogP) is 2.64. The van der Waals surface area contributed by atoms with E-state index >= 15 is 0 Å². The number of H-pyrrole nitrogens is 1. The van der Waals surface area contributed by atoms with Crippen LogP contribution in [-0.2, 0) is 0 Å². The van der Waals surface area contributed by atoms with E-state index in [-0.39, 0.29) is 0 Å². The molecule has 12 heavy (non-hydrogen) atoms. The van der Waals surface area contributed by atoms with E-state index < -0.39 is 0 Å². The molecule has 0 saturated heterocycles. The van der Waals surface area contributed by atoms with E-state index in [1.165, 1.54) is 0 Å². The first kappa shape index (κ1) is 7.55. The Morgan fingerprint density at radius 3 is 3.00 bits per heavy atom. The summed E-state index contributed by atoms with van der Waals surface area (Å²) in [4.78, 5) is 7.02. The molecule has 0 bridgehead atoms. The standard InChI is InChI=1S/C9H6BrN2/c10-8-3-1-2-7(6-8)9-11-4-5-12-9/h1-4,6H,(H,11,12). The number of halogens is 1. The van der Waals surface area contributed by atoms with Crippen LogP contribution in [0.2, 0.25) is 0 Å². The molecule has 2 nitrogen and oxygen atoms in total. The molecule has 0 aliphatic rings. The van der Waals surface area contributed by atoms with E-state index in [1.807, 2.05) is 24.3 Å². The maximum Gasteiger partial charge on any atom is 0.138 e. The maximum atomic E-state index is 4.03. The summed E-state index contributed by atoms with van der Waals surface area (Å²) in [5.41, 5.74) is 1.06. The van der Waals surface area contributed by atoms with Gasteiger partial charge in [0.05, 0.1) is 0 Å². The maximum absolute atomic E-state index is 4.03. The molecule has 1 N–H and O–H groups in total. The fourth-order valence-electron chi connectivity index (χ4n) is 1.01. The number of imidazole rings is 1. The van der Waals surface area contributed by atoms with E-state index in [2.05, 4.69) is 32.1 Å². The van der Waals surface area contributed by atoms with Crippen LogP contribution in [0.1, 0.15) is 0 Å². The van der Waals surface area contributed by atoms with Gasteiger partial charge < -0.3 is 4.98 Å². The molecule has 0 aliphatic carbocycles. The van der Waals surface area contributed by atoms with Crippen LogP contribution in [0.5, 0.6) is 0 Å². The van der Waals surface area contributed by atoms with Gasteiger partial charge in [0.15, 0.2) is 0 Å². The molecule has 59 valence electrons. The van der Waals surface area contributed by atoms with Gasteiger partial charge in [-0.1, -0.05) is 28.1 Å². The minimum atomic E-state index is 0.844. The third kappa shape index (κ3) is 1.41. The number of nitrogens with zero attached hydrogens (tertiary/aromatic N) is 1. The molecule has 0 amide bonds. The monoisotopic (exact) mass is 221 g/mol. The van der Waals surface area contributed by atoms with Gasteiger partial charge in [0.2, 0.25) is 0 Å². The Morgan fingerprint density at radius 2 is 2.33 bits per heavy atom. The van der Waals surface area contributed by atoms with Crippen molar-refractivity contribution in [3.05, 3.63) is 41.1 Å². The number of hydrogen-bond donors (Lipinski definition) is 1. The third-order valence-electron chi connectivity index (χ3n) is 1.55. The zero-order valence-electron chi connectivity index (χ0n) is 6.21. The van der Waals surface area contributed by atoms with Crippen molar-refractivity contribution in [3.63, 3.8) is 0 Å². The molecular formula is C9H6BrN2. The zero-order valence-corrected chi connectivity index (χ0v) is 7.80. The van der Waals surface area contributed by atoms with E-state index in [0.717, 1.165) is 15.9 Å².